The minimum Gasteiger partial charge on any atom is -0.436 e. The molecule has 5 heterocycles. The van der Waals surface area contributed by atoms with Gasteiger partial charge in [-0.3, -0.25) is 9.97 Å². The van der Waals surface area contributed by atoms with Gasteiger partial charge in [0, 0.05) is 29.8 Å². The van der Waals surface area contributed by atoms with Gasteiger partial charge in [0.2, 0.25) is 11.8 Å². The van der Waals surface area contributed by atoms with Gasteiger partial charge in [0.25, 0.3) is 0 Å². The molecule has 0 atom stereocenters. The van der Waals surface area contributed by atoms with E-state index >= 15 is 0 Å². The molecule has 0 bridgehead atoms. The number of hydrogen-bond acceptors (Lipinski definition) is 8. The summed E-state index contributed by atoms with van der Waals surface area (Å²) in [5.74, 6) is 1.10. The Balaban J connectivity index is 0.000000160. The van der Waals surface area contributed by atoms with E-state index in [1.807, 2.05) is 44.2 Å². The number of aliphatic hydroxyl groups excluding tert-OH is 1. The molecular weight excluding hydrogens is 497 g/mol. The maximum absolute atomic E-state index is 13.7. The van der Waals surface area contributed by atoms with Gasteiger partial charge < -0.3 is 13.9 Å². The Bertz CT molecular complexity index is 1710. The summed E-state index contributed by atoms with van der Waals surface area (Å²) in [6, 6.07) is 14.1. The number of halogens is 1. The van der Waals surface area contributed by atoms with Gasteiger partial charge in [0.1, 0.15) is 5.52 Å². The molecule has 0 aliphatic carbocycles. The molecule has 5 aromatic heterocycles. The summed E-state index contributed by atoms with van der Waals surface area (Å²) in [5.41, 5.74) is 5.94. The smallest absolute Gasteiger partial charge is 0.229 e. The summed E-state index contributed by atoms with van der Waals surface area (Å²) in [6.07, 6.45) is 5.22. The lowest BCUT2D eigenvalue weighted by Crippen LogP contribution is -1.98. The largest absolute Gasteiger partial charge is 0.436 e. The molecule has 0 spiro atoms. The summed E-state index contributed by atoms with van der Waals surface area (Å²) in [5, 5.41) is 9.43. The summed E-state index contributed by atoms with van der Waals surface area (Å²) < 4.78 is 25.0. The van der Waals surface area contributed by atoms with Gasteiger partial charge in [-0.2, -0.15) is 4.98 Å². The molecule has 0 aliphatic heterocycles. The number of pyridine rings is 3. The molecule has 1 N–H and O–H groups in total. The van der Waals surface area contributed by atoms with Crippen LogP contribution in [0.15, 0.2) is 76.0 Å². The monoisotopic (exact) mass is 525 g/mol. The Hall–Kier alpha value is -4.50. The van der Waals surface area contributed by atoms with E-state index in [9.17, 15) is 9.50 Å². The molecule has 0 amide bonds. The summed E-state index contributed by atoms with van der Waals surface area (Å²) in [4.78, 5) is 21.3. The van der Waals surface area contributed by atoms with Gasteiger partial charge in [0.05, 0.1) is 17.9 Å². The number of fused-ring (bicyclic) bond motifs is 2. The van der Waals surface area contributed by atoms with E-state index in [1.54, 1.807) is 30.7 Å². The molecule has 0 fully saturated rings. The Morgan fingerprint density at radius 1 is 0.821 bits per heavy atom. The Morgan fingerprint density at radius 3 is 2.33 bits per heavy atom. The number of aromatic nitrogens is 5. The Kier molecular flexibility index (Phi) is 7.42. The molecule has 6 rings (SSSR count). The van der Waals surface area contributed by atoms with E-state index in [2.05, 4.69) is 38.8 Å². The minimum atomic E-state index is -0.430. The number of para-hydroxylation sites is 1. The van der Waals surface area contributed by atoms with E-state index in [0.717, 1.165) is 16.8 Å². The van der Waals surface area contributed by atoms with Crippen molar-refractivity contribution in [2.45, 2.75) is 46.1 Å². The quantitative estimate of drug-likeness (QED) is 0.255. The molecule has 8 nitrogen and oxygen atoms in total. The second-order valence-corrected chi connectivity index (χ2v) is 9.65. The number of benzene rings is 1. The topological polar surface area (TPSA) is 111 Å². The lowest BCUT2D eigenvalue weighted by atomic mass is 10.0. The maximum Gasteiger partial charge on any atom is 0.229 e. The fourth-order valence-corrected chi connectivity index (χ4v) is 3.96. The predicted octanol–water partition coefficient (Wildman–Crippen LogP) is 7.05. The van der Waals surface area contributed by atoms with Crippen molar-refractivity contribution in [3.8, 4) is 22.9 Å². The van der Waals surface area contributed by atoms with Crippen molar-refractivity contribution in [3.05, 3.63) is 89.9 Å². The van der Waals surface area contributed by atoms with E-state index in [1.165, 1.54) is 6.07 Å². The molecule has 198 valence electrons. The molecule has 39 heavy (non-hydrogen) atoms. The normalized spacial score (nSPS) is 11.4. The van der Waals surface area contributed by atoms with Crippen LogP contribution in [0.25, 0.3) is 45.2 Å². The lowest BCUT2D eigenvalue weighted by molar-refractivity contribution is 0.277. The molecule has 0 saturated heterocycles. The number of nitrogens with zero attached hydrogens (tertiary/aromatic N) is 5. The van der Waals surface area contributed by atoms with Crippen molar-refractivity contribution in [2.75, 3.05) is 0 Å². The highest BCUT2D eigenvalue weighted by atomic mass is 19.1. The van der Waals surface area contributed by atoms with E-state index in [0.29, 0.717) is 39.9 Å². The maximum atomic E-state index is 13.7. The van der Waals surface area contributed by atoms with Gasteiger partial charge in [-0.1, -0.05) is 33.8 Å². The van der Waals surface area contributed by atoms with Crippen molar-refractivity contribution >= 4 is 22.3 Å². The van der Waals surface area contributed by atoms with Crippen LogP contribution in [0.2, 0.25) is 0 Å². The average molecular weight is 526 g/mol. The number of rotatable bonds is 5. The zero-order valence-electron chi connectivity index (χ0n) is 22.1. The van der Waals surface area contributed by atoms with Crippen LogP contribution in [0.4, 0.5) is 4.39 Å². The first-order valence-electron chi connectivity index (χ1n) is 12.7. The molecule has 0 unspecified atom stereocenters. The Labute approximate surface area is 224 Å². The van der Waals surface area contributed by atoms with E-state index < -0.39 is 5.82 Å². The molecule has 9 heteroatoms. The minimum absolute atomic E-state index is 0.186. The van der Waals surface area contributed by atoms with E-state index in [-0.39, 0.29) is 23.9 Å². The van der Waals surface area contributed by atoms with Crippen molar-refractivity contribution in [2.24, 2.45) is 0 Å². The summed E-state index contributed by atoms with van der Waals surface area (Å²) >= 11 is 0. The van der Waals surface area contributed by atoms with Gasteiger partial charge in [-0.15, -0.1) is 0 Å². The predicted molar refractivity (Wildman–Crippen MR) is 146 cm³/mol. The van der Waals surface area contributed by atoms with E-state index in [4.69, 9.17) is 8.83 Å². The van der Waals surface area contributed by atoms with Gasteiger partial charge in [-0.25, -0.2) is 14.4 Å². The molecule has 0 radical (unpaired) electrons. The number of aliphatic hydroxyl groups is 1. The van der Waals surface area contributed by atoms with Crippen LogP contribution in [0.5, 0.6) is 0 Å². The zero-order chi connectivity index (χ0) is 27.5. The van der Waals surface area contributed by atoms with Crippen molar-refractivity contribution in [1.29, 1.82) is 0 Å². The van der Waals surface area contributed by atoms with Crippen LogP contribution >= 0.6 is 0 Å². The number of hydrogen-bond donors (Lipinski definition) is 1. The molecule has 0 saturated carbocycles. The third kappa shape index (κ3) is 5.53. The Morgan fingerprint density at radius 2 is 1.62 bits per heavy atom. The molecule has 6 aromatic rings. The second-order valence-electron chi connectivity index (χ2n) is 9.65. The average Bonchev–Trinajstić information content (AvgIpc) is 3.59. The highest BCUT2D eigenvalue weighted by Crippen LogP contribution is 2.30. The fourth-order valence-electron chi connectivity index (χ4n) is 3.96. The van der Waals surface area contributed by atoms with Crippen LogP contribution in [0, 0.1) is 5.82 Å². The van der Waals surface area contributed by atoms with Crippen molar-refractivity contribution in [3.63, 3.8) is 0 Å². The summed E-state index contributed by atoms with van der Waals surface area (Å²) in [7, 11) is 0. The first kappa shape index (κ1) is 26.1. The van der Waals surface area contributed by atoms with Gasteiger partial charge in [0.15, 0.2) is 22.6 Å². The van der Waals surface area contributed by atoms with Crippen LogP contribution in [-0.2, 0) is 6.61 Å². The van der Waals surface area contributed by atoms with Crippen molar-refractivity contribution < 1.29 is 18.3 Å². The highest BCUT2D eigenvalue weighted by molar-refractivity contribution is 5.77. The fraction of sp³-hybridized carbons (Fsp3) is 0.233. The first-order valence-corrected chi connectivity index (χ1v) is 12.7. The zero-order valence-corrected chi connectivity index (χ0v) is 22.1. The standard InChI is InChI=1S/C16H15FN2O2.C14H13N3O/c1-9(2)10-6-11(13(8-20)18-7-10)16-19-15-12(17)4-3-5-14(15)21-16;1-9(2)11-8-10(5-7-15-11)14-17-13-12(18-14)4-3-6-16-13/h3-7,9,20H,8H2,1-2H3;3-9H,1-2H3. The second kappa shape index (κ2) is 11.1. The van der Waals surface area contributed by atoms with Gasteiger partial charge in [-0.05, 0) is 59.9 Å². The van der Waals surface area contributed by atoms with Crippen LogP contribution in [0.3, 0.4) is 0 Å². The molecule has 1 aromatic carbocycles. The van der Waals surface area contributed by atoms with Crippen molar-refractivity contribution in [1.82, 2.24) is 24.9 Å². The van der Waals surface area contributed by atoms with Gasteiger partial charge >= 0.3 is 0 Å². The lowest BCUT2D eigenvalue weighted by Gasteiger charge is -2.09. The first-order chi connectivity index (χ1) is 18.8. The molecule has 0 aliphatic rings. The van der Waals surface area contributed by atoms with Crippen LogP contribution in [-0.4, -0.2) is 30.0 Å². The third-order valence-electron chi connectivity index (χ3n) is 6.19. The summed E-state index contributed by atoms with van der Waals surface area (Å²) in [6.45, 7) is 8.09. The molecular formula is C30H28FN5O3. The number of oxazole rings is 2. The van der Waals surface area contributed by atoms with Crippen LogP contribution in [0.1, 0.15) is 56.5 Å². The van der Waals surface area contributed by atoms with Crippen LogP contribution < -0.4 is 0 Å². The highest BCUT2D eigenvalue weighted by Gasteiger charge is 2.17. The third-order valence-corrected chi connectivity index (χ3v) is 6.19. The SMILES string of the molecule is CC(C)c1cc(-c2nc3ncccc3o2)ccn1.CC(C)c1cnc(CO)c(-c2nc3c(F)cccc3o2)c1.